The van der Waals surface area contributed by atoms with E-state index in [0.29, 0.717) is 38.9 Å². The lowest BCUT2D eigenvalue weighted by molar-refractivity contribution is -0.146. The molecule has 2 unspecified atom stereocenters. The number of ether oxygens (including phenoxy) is 3. The SMILES string of the molecule is C=CC(=O)OCCCCCC1(C(CCCC)OC(=O)C=C)c2cc(-c3ccc(CCCOC(=O)C=C)cc3)ccc2-c2ccc(-c3ccc4ccc5cc(C(C)(C)C)cc6ccc3c4c56)cc21. The van der Waals surface area contributed by atoms with Crippen LogP contribution >= 0.6 is 0 Å². The minimum absolute atomic E-state index is 0.0222. The number of unbranched alkanes of at least 4 members (excludes halogenated alkanes) is 3. The predicted octanol–water partition coefficient (Wildman–Crippen LogP) is 14.7. The summed E-state index contributed by atoms with van der Waals surface area (Å²) in [6, 6.07) is 40.6. The van der Waals surface area contributed by atoms with Crippen LogP contribution in [0.2, 0.25) is 0 Å². The van der Waals surface area contributed by atoms with Crippen LogP contribution in [0.5, 0.6) is 0 Å². The Bertz CT molecular complexity index is 2970. The zero-order chi connectivity index (χ0) is 47.3. The van der Waals surface area contributed by atoms with Gasteiger partial charge < -0.3 is 14.2 Å². The average molecular weight is 891 g/mol. The molecule has 0 aromatic heterocycles. The third-order valence-electron chi connectivity index (χ3n) is 13.8. The van der Waals surface area contributed by atoms with Gasteiger partial charge in [-0.15, -0.1) is 0 Å². The third kappa shape index (κ3) is 9.45. The molecule has 0 saturated carbocycles. The second-order valence-corrected chi connectivity index (χ2v) is 19.1. The molecule has 0 aliphatic heterocycles. The number of rotatable bonds is 20. The molecule has 6 heteroatoms. The first-order valence-electron chi connectivity index (χ1n) is 23.9. The summed E-state index contributed by atoms with van der Waals surface area (Å²) in [6.07, 6.45) is 10.2. The van der Waals surface area contributed by atoms with Gasteiger partial charge in [-0.3, -0.25) is 0 Å². The molecule has 0 spiro atoms. The maximum Gasteiger partial charge on any atom is 0.330 e. The summed E-state index contributed by atoms with van der Waals surface area (Å²) >= 11 is 0. The molecule has 67 heavy (non-hydrogen) atoms. The number of esters is 3. The van der Waals surface area contributed by atoms with E-state index >= 15 is 0 Å². The fourth-order valence-electron chi connectivity index (χ4n) is 10.3. The van der Waals surface area contributed by atoms with Gasteiger partial charge >= 0.3 is 17.9 Å². The van der Waals surface area contributed by atoms with Crippen LogP contribution < -0.4 is 0 Å². The van der Waals surface area contributed by atoms with E-state index in [-0.39, 0.29) is 5.41 Å². The van der Waals surface area contributed by atoms with Crippen molar-refractivity contribution in [3.63, 3.8) is 0 Å². The van der Waals surface area contributed by atoms with E-state index in [1.165, 1.54) is 56.1 Å². The van der Waals surface area contributed by atoms with E-state index in [9.17, 15) is 14.4 Å². The number of hydrogen-bond donors (Lipinski definition) is 0. The number of carbonyl (C=O) groups is 3. The van der Waals surface area contributed by atoms with Crippen LogP contribution in [0.1, 0.15) is 101 Å². The smallest absolute Gasteiger partial charge is 0.330 e. The molecule has 0 amide bonds. The van der Waals surface area contributed by atoms with Crippen LogP contribution in [-0.2, 0) is 45.8 Å². The van der Waals surface area contributed by atoms with Crippen molar-refractivity contribution in [1.29, 1.82) is 0 Å². The van der Waals surface area contributed by atoms with E-state index in [1.807, 2.05) is 0 Å². The normalized spacial score (nSPS) is 14.7. The van der Waals surface area contributed by atoms with Crippen LogP contribution in [0.4, 0.5) is 0 Å². The fourth-order valence-corrected chi connectivity index (χ4v) is 10.3. The highest BCUT2D eigenvalue weighted by atomic mass is 16.5. The van der Waals surface area contributed by atoms with Crippen LogP contribution in [0.3, 0.4) is 0 Å². The second kappa shape index (κ2) is 20.0. The molecule has 0 N–H and O–H groups in total. The lowest BCUT2D eigenvalue weighted by Crippen LogP contribution is -2.42. The Balaban J connectivity index is 1.27. The van der Waals surface area contributed by atoms with Crippen LogP contribution in [0.15, 0.2) is 147 Å². The Labute approximate surface area is 395 Å². The molecule has 0 fully saturated rings. The molecular weight excluding hydrogens is 829 g/mol. The Hall–Kier alpha value is -6.79. The minimum Gasteiger partial charge on any atom is -0.463 e. The molecule has 0 heterocycles. The molecule has 8 rings (SSSR count). The molecule has 6 nitrogen and oxygen atoms in total. The monoisotopic (exact) mass is 890 g/mol. The summed E-state index contributed by atoms with van der Waals surface area (Å²) in [7, 11) is 0. The number of carbonyl (C=O) groups excluding carboxylic acids is 3. The maximum absolute atomic E-state index is 13.5. The van der Waals surface area contributed by atoms with Gasteiger partial charge in [0.25, 0.3) is 0 Å². The fraction of sp³-hybridized carbons (Fsp3) is 0.295. The second-order valence-electron chi connectivity index (χ2n) is 19.1. The lowest BCUT2D eigenvalue weighted by atomic mass is 9.68. The highest BCUT2D eigenvalue weighted by Gasteiger charge is 2.50. The molecule has 0 radical (unpaired) electrons. The molecule has 7 aromatic rings. The molecule has 7 aromatic carbocycles. The summed E-state index contributed by atoms with van der Waals surface area (Å²) in [4.78, 5) is 37.0. The van der Waals surface area contributed by atoms with Crippen LogP contribution in [0.25, 0.3) is 65.7 Å². The number of aryl methyl sites for hydroxylation is 1. The van der Waals surface area contributed by atoms with Crippen molar-refractivity contribution in [2.24, 2.45) is 0 Å². The molecule has 0 bridgehead atoms. The molecule has 0 saturated heterocycles. The van der Waals surface area contributed by atoms with Crippen molar-refractivity contribution < 1.29 is 28.6 Å². The first-order valence-corrected chi connectivity index (χ1v) is 23.9. The Morgan fingerprint density at radius 1 is 0.582 bits per heavy atom. The van der Waals surface area contributed by atoms with E-state index in [0.717, 1.165) is 82.2 Å². The molecule has 342 valence electrons. The topological polar surface area (TPSA) is 78.9 Å². The van der Waals surface area contributed by atoms with Gasteiger partial charge in [0.05, 0.1) is 18.6 Å². The van der Waals surface area contributed by atoms with Gasteiger partial charge in [0.2, 0.25) is 0 Å². The molecule has 2 atom stereocenters. The van der Waals surface area contributed by atoms with Gasteiger partial charge in [-0.25, -0.2) is 14.4 Å². The summed E-state index contributed by atoms with van der Waals surface area (Å²) in [5, 5.41) is 7.48. The van der Waals surface area contributed by atoms with E-state index in [1.54, 1.807) is 0 Å². The molecule has 1 aliphatic carbocycles. The highest BCUT2D eigenvalue weighted by molar-refractivity contribution is 6.25. The first kappa shape index (κ1) is 46.7. The summed E-state index contributed by atoms with van der Waals surface area (Å²) in [5.41, 5.74) is 10.8. The van der Waals surface area contributed by atoms with Crippen molar-refractivity contribution in [3.05, 3.63) is 169 Å². The third-order valence-corrected chi connectivity index (χ3v) is 13.8. The van der Waals surface area contributed by atoms with E-state index < -0.39 is 29.4 Å². The lowest BCUT2D eigenvalue weighted by Gasteiger charge is -2.40. The number of hydrogen-bond acceptors (Lipinski definition) is 6. The zero-order valence-electron chi connectivity index (χ0n) is 39.6. The van der Waals surface area contributed by atoms with Crippen molar-refractivity contribution in [2.45, 2.75) is 102 Å². The minimum atomic E-state index is -0.710. The zero-order valence-corrected chi connectivity index (χ0v) is 39.6. The first-order chi connectivity index (χ1) is 32.4. The summed E-state index contributed by atoms with van der Waals surface area (Å²) in [6.45, 7) is 20.5. The van der Waals surface area contributed by atoms with E-state index in [2.05, 4.69) is 157 Å². The van der Waals surface area contributed by atoms with Gasteiger partial charge in [-0.2, -0.15) is 0 Å². The average Bonchev–Trinajstić information content (AvgIpc) is 3.62. The largest absolute Gasteiger partial charge is 0.463 e. The Kier molecular flexibility index (Phi) is 13.9. The van der Waals surface area contributed by atoms with Gasteiger partial charge in [-0.1, -0.05) is 164 Å². The van der Waals surface area contributed by atoms with E-state index in [4.69, 9.17) is 14.2 Å². The van der Waals surface area contributed by atoms with Gasteiger partial charge in [0.1, 0.15) is 6.10 Å². The quantitative estimate of drug-likeness (QED) is 0.0249. The summed E-state index contributed by atoms with van der Waals surface area (Å²) in [5.74, 6) is -1.26. The molecular formula is C61H62O6. The van der Waals surface area contributed by atoms with Crippen molar-refractivity contribution in [2.75, 3.05) is 13.2 Å². The highest BCUT2D eigenvalue weighted by Crippen LogP contribution is 2.57. The van der Waals surface area contributed by atoms with Crippen molar-refractivity contribution >= 4 is 50.2 Å². The Morgan fingerprint density at radius 2 is 1.15 bits per heavy atom. The Morgan fingerprint density at radius 3 is 1.79 bits per heavy atom. The predicted molar refractivity (Wildman–Crippen MR) is 275 cm³/mol. The van der Waals surface area contributed by atoms with Crippen LogP contribution in [0, 0.1) is 0 Å². The standard InChI is InChI=1S/C61H62O6/c1-8-12-18-54(67-57(64)11-4)61(33-14-13-15-34-65-55(62)9-2)52-38-43(41-21-19-40(20-22-41)17-16-35-66-56(63)10-3)26-30-49(52)50-31-27-44(39-53(50)61)48-29-25-42-23-24-45-36-47(60(5,6)7)37-46-28-32-51(48)59(42)58(45)46/h9-11,19-32,36-39,54H,2-4,8,12-18,33-35H2,1,5-7H3. The van der Waals surface area contributed by atoms with Gasteiger partial charge in [-0.05, 0) is 144 Å². The number of fused-ring (bicyclic) bond motifs is 3. The van der Waals surface area contributed by atoms with Crippen molar-refractivity contribution in [3.8, 4) is 33.4 Å². The number of benzene rings is 7. The van der Waals surface area contributed by atoms with Gasteiger partial charge in [0, 0.05) is 18.2 Å². The van der Waals surface area contributed by atoms with Gasteiger partial charge in [0.15, 0.2) is 0 Å². The molecule has 1 aliphatic rings. The van der Waals surface area contributed by atoms with Crippen molar-refractivity contribution in [1.82, 2.24) is 0 Å². The maximum atomic E-state index is 13.5. The van der Waals surface area contributed by atoms with Crippen LogP contribution in [-0.4, -0.2) is 37.2 Å². The summed E-state index contributed by atoms with van der Waals surface area (Å²) < 4.78 is 17.2.